The molecule has 0 unspecified atom stereocenters. The number of hydrogen-bond acceptors (Lipinski definition) is 3. The molecule has 0 bridgehead atoms. The van der Waals surface area contributed by atoms with Crippen molar-refractivity contribution in [2.24, 2.45) is 0 Å². The van der Waals surface area contributed by atoms with E-state index in [0.717, 1.165) is 11.1 Å². The molecule has 3 rings (SSSR count). The fraction of sp³-hybridized carbons (Fsp3) is 0. The van der Waals surface area contributed by atoms with Gasteiger partial charge >= 0.3 is 11.9 Å². The molecule has 0 aliphatic rings. The molecular formula is C20H14O3. The van der Waals surface area contributed by atoms with Crippen LogP contribution in [0.2, 0.25) is 0 Å². The number of esters is 2. The molecule has 3 heteroatoms. The van der Waals surface area contributed by atoms with E-state index in [1.54, 1.807) is 42.5 Å². The normalized spacial score (nSPS) is 10.1. The minimum Gasteiger partial charge on any atom is -0.386 e. The quantitative estimate of drug-likeness (QED) is 0.533. The molecule has 0 heterocycles. The highest BCUT2D eigenvalue weighted by atomic mass is 16.6. The Morgan fingerprint density at radius 2 is 0.957 bits per heavy atom. The summed E-state index contributed by atoms with van der Waals surface area (Å²) in [5.74, 6) is -1.30. The highest BCUT2D eigenvalue weighted by Crippen LogP contribution is 2.19. The van der Waals surface area contributed by atoms with E-state index in [4.69, 9.17) is 4.74 Å². The van der Waals surface area contributed by atoms with Gasteiger partial charge in [0.2, 0.25) is 0 Å². The maximum absolute atomic E-state index is 12.0. The van der Waals surface area contributed by atoms with Crippen molar-refractivity contribution in [1.82, 2.24) is 0 Å². The van der Waals surface area contributed by atoms with E-state index in [1.165, 1.54) is 0 Å². The van der Waals surface area contributed by atoms with E-state index < -0.39 is 11.9 Å². The van der Waals surface area contributed by atoms with Gasteiger partial charge in [-0.3, -0.25) is 0 Å². The van der Waals surface area contributed by atoms with E-state index in [2.05, 4.69) is 0 Å². The lowest BCUT2D eigenvalue weighted by Crippen LogP contribution is -2.12. The van der Waals surface area contributed by atoms with Crippen molar-refractivity contribution in [3.63, 3.8) is 0 Å². The Bertz CT molecular complexity index is 807. The van der Waals surface area contributed by atoms with Crippen LogP contribution >= 0.6 is 0 Å². The minimum absolute atomic E-state index is 0.342. The van der Waals surface area contributed by atoms with E-state index in [-0.39, 0.29) is 0 Å². The molecule has 0 spiro atoms. The fourth-order valence-corrected chi connectivity index (χ4v) is 2.21. The van der Waals surface area contributed by atoms with Crippen LogP contribution in [0.5, 0.6) is 0 Å². The molecule has 0 amide bonds. The molecule has 0 aliphatic carbocycles. The van der Waals surface area contributed by atoms with E-state index >= 15 is 0 Å². The highest BCUT2D eigenvalue weighted by Gasteiger charge is 2.14. The second-order valence-electron chi connectivity index (χ2n) is 4.99. The maximum Gasteiger partial charge on any atom is 0.346 e. The zero-order valence-corrected chi connectivity index (χ0v) is 12.3. The largest absolute Gasteiger partial charge is 0.386 e. The molecule has 0 atom stereocenters. The average Bonchev–Trinajstić information content (AvgIpc) is 2.63. The number of hydrogen-bond donors (Lipinski definition) is 0. The summed E-state index contributed by atoms with van der Waals surface area (Å²) in [4.78, 5) is 23.9. The van der Waals surface area contributed by atoms with Gasteiger partial charge in [-0.2, -0.15) is 0 Å². The standard InChI is InChI=1S/C20H14O3/c21-19(17-9-5-2-6-10-17)23-20(22)18-13-11-16(12-14-18)15-7-3-1-4-8-15/h1-14H. The predicted molar refractivity (Wildman–Crippen MR) is 88.1 cm³/mol. The van der Waals surface area contributed by atoms with Gasteiger partial charge in [0, 0.05) is 0 Å². The smallest absolute Gasteiger partial charge is 0.346 e. The second-order valence-corrected chi connectivity index (χ2v) is 4.99. The zero-order valence-electron chi connectivity index (χ0n) is 12.3. The monoisotopic (exact) mass is 302 g/mol. The van der Waals surface area contributed by atoms with Crippen LogP contribution in [0.25, 0.3) is 11.1 Å². The molecule has 0 radical (unpaired) electrons. The van der Waals surface area contributed by atoms with Gasteiger partial charge in [0.05, 0.1) is 11.1 Å². The Labute approximate surface area is 134 Å². The number of rotatable bonds is 3. The minimum atomic E-state index is -0.654. The molecule has 0 saturated carbocycles. The first kappa shape index (κ1) is 14.7. The molecule has 0 saturated heterocycles. The lowest BCUT2D eigenvalue weighted by Gasteiger charge is -2.05. The van der Waals surface area contributed by atoms with E-state index in [9.17, 15) is 9.59 Å². The molecule has 0 aliphatic heterocycles. The van der Waals surface area contributed by atoms with Crippen molar-refractivity contribution in [1.29, 1.82) is 0 Å². The van der Waals surface area contributed by atoms with Gasteiger partial charge in [-0.25, -0.2) is 9.59 Å². The summed E-state index contributed by atoms with van der Waals surface area (Å²) in [6.45, 7) is 0. The van der Waals surface area contributed by atoms with Gasteiger partial charge in [-0.15, -0.1) is 0 Å². The predicted octanol–water partition coefficient (Wildman–Crippen LogP) is 4.35. The van der Waals surface area contributed by atoms with Crippen LogP contribution in [0, 0.1) is 0 Å². The van der Waals surface area contributed by atoms with Crippen LogP contribution in [0.15, 0.2) is 84.9 Å². The fourth-order valence-electron chi connectivity index (χ4n) is 2.21. The SMILES string of the molecule is O=C(OC(=O)c1ccc(-c2ccccc2)cc1)c1ccccc1. The summed E-state index contributed by atoms with van der Waals surface area (Å²) < 4.78 is 4.89. The van der Waals surface area contributed by atoms with Crippen LogP contribution in [0.3, 0.4) is 0 Å². The van der Waals surface area contributed by atoms with Gasteiger partial charge in [-0.05, 0) is 35.4 Å². The average molecular weight is 302 g/mol. The summed E-state index contributed by atoms with van der Waals surface area (Å²) in [6.07, 6.45) is 0. The highest BCUT2D eigenvalue weighted by molar-refractivity contribution is 6.02. The van der Waals surface area contributed by atoms with Crippen molar-refractivity contribution in [3.8, 4) is 11.1 Å². The van der Waals surface area contributed by atoms with Crippen molar-refractivity contribution < 1.29 is 14.3 Å². The van der Waals surface area contributed by atoms with Crippen molar-refractivity contribution in [3.05, 3.63) is 96.1 Å². The van der Waals surface area contributed by atoms with Gasteiger partial charge in [0.25, 0.3) is 0 Å². The Kier molecular flexibility index (Phi) is 4.29. The zero-order chi connectivity index (χ0) is 16.1. The molecule has 3 aromatic rings. The van der Waals surface area contributed by atoms with E-state index in [1.807, 2.05) is 42.5 Å². The van der Waals surface area contributed by atoms with Crippen LogP contribution in [-0.4, -0.2) is 11.9 Å². The lowest BCUT2D eigenvalue weighted by molar-refractivity contribution is 0.0398. The Morgan fingerprint density at radius 1 is 0.522 bits per heavy atom. The van der Waals surface area contributed by atoms with Gasteiger partial charge < -0.3 is 4.74 Å². The second kappa shape index (κ2) is 6.71. The third-order valence-corrected chi connectivity index (χ3v) is 3.42. The number of carbonyl (C=O) groups is 2. The Morgan fingerprint density at radius 3 is 1.52 bits per heavy atom. The number of ether oxygens (including phenoxy) is 1. The molecule has 0 fully saturated rings. The summed E-state index contributed by atoms with van der Waals surface area (Å²) in [5.41, 5.74) is 2.75. The molecule has 0 aromatic heterocycles. The first-order valence-electron chi connectivity index (χ1n) is 7.21. The first-order valence-corrected chi connectivity index (χ1v) is 7.21. The molecule has 3 aromatic carbocycles. The number of carbonyl (C=O) groups excluding carboxylic acids is 2. The van der Waals surface area contributed by atoms with Gasteiger partial charge in [0.15, 0.2) is 0 Å². The molecule has 3 nitrogen and oxygen atoms in total. The topological polar surface area (TPSA) is 43.4 Å². The molecule has 0 N–H and O–H groups in total. The Balaban J connectivity index is 1.72. The summed E-state index contributed by atoms with van der Waals surface area (Å²) in [7, 11) is 0. The Hall–Kier alpha value is -3.20. The maximum atomic E-state index is 12.0. The van der Waals surface area contributed by atoms with Crippen LogP contribution in [0.1, 0.15) is 20.7 Å². The first-order chi connectivity index (χ1) is 11.2. The van der Waals surface area contributed by atoms with Gasteiger partial charge in [0.1, 0.15) is 0 Å². The summed E-state index contributed by atoms with van der Waals surface area (Å²) >= 11 is 0. The van der Waals surface area contributed by atoms with Crippen LogP contribution in [-0.2, 0) is 4.74 Å². The molecular weight excluding hydrogens is 288 g/mol. The van der Waals surface area contributed by atoms with Crippen molar-refractivity contribution in [2.45, 2.75) is 0 Å². The lowest BCUT2D eigenvalue weighted by atomic mass is 10.0. The summed E-state index contributed by atoms with van der Waals surface area (Å²) in [6, 6.07) is 25.3. The van der Waals surface area contributed by atoms with Crippen molar-refractivity contribution >= 4 is 11.9 Å². The van der Waals surface area contributed by atoms with E-state index in [0.29, 0.717) is 11.1 Å². The van der Waals surface area contributed by atoms with Crippen LogP contribution < -0.4 is 0 Å². The molecule has 23 heavy (non-hydrogen) atoms. The van der Waals surface area contributed by atoms with Gasteiger partial charge in [-0.1, -0.05) is 60.7 Å². The third-order valence-electron chi connectivity index (χ3n) is 3.42. The summed E-state index contributed by atoms with van der Waals surface area (Å²) in [5, 5.41) is 0. The third kappa shape index (κ3) is 3.52. The van der Waals surface area contributed by atoms with Crippen molar-refractivity contribution in [2.75, 3.05) is 0 Å². The number of benzene rings is 3. The van der Waals surface area contributed by atoms with Crippen LogP contribution in [0.4, 0.5) is 0 Å². The molecule has 112 valence electrons.